The Morgan fingerprint density at radius 3 is 3.29 bits per heavy atom. The topological polar surface area (TPSA) is 44.0 Å². The monoisotopic (exact) mass is 194 g/mol. The zero-order valence-electron chi connectivity index (χ0n) is 8.66. The molecule has 1 aliphatic heterocycles. The second-order valence-electron chi connectivity index (χ2n) is 3.95. The number of likely N-dealkylation sites (N-methyl/N-ethyl adjacent to an activating group) is 1. The third kappa shape index (κ3) is 2.26. The number of H-pyrrole nitrogens is 1. The van der Waals surface area contributed by atoms with Gasteiger partial charge in [-0.25, -0.2) is 4.98 Å². The SMILES string of the molecule is CN1CCCCC1CNc1ncc[nH]1. The lowest BCUT2D eigenvalue weighted by Crippen LogP contribution is -2.40. The minimum Gasteiger partial charge on any atom is -0.354 e. The van der Waals surface area contributed by atoms with E-state index in [4.69, 9.17) is 0 Å². The predicted molar refractivity (Wildman–Crippen MR) is 57.3 cm³/mol. The first kappa shape index (κ1) is 9.52. The summed E-state index contributed by atoms with van der Waals surface area (Å²) in [6.07, 6.45) is 7.60. The van der Waals surface area contributed by atoms with E-state index in [1.54, 1.807) is 6.20 Å². The zero-order chi connectivity index (χ0) is 9.80. The summed E-state index contributed by atoms with van der Waals surface area (Å²) in [5, 5.41) is 3.32. The van der Waals surface area contributed by atoms with E-state index < -0.39 is 0 Å². The van der Waals surface area contributed by atoms with Crippen molar-refractivity contribution in [2.75, 3.05) is 25.5 Å². The number of piperidine rings is 1. The molecule has 1 atom stereocenters. The highest BCUT2D eigenvalue weighted by molar-refractivity contribution is 5.22. The van der Waals surface area contributed by atoms with Crippen LogP contribution in [0.2, 0.25) is 0 Å². The molecule has 78 valence electrons. The van der Waals surface area contributed by atoms with Crippen molar-refractivity contribution < 1.29 is 0 Å². The maximum absolute atomic E-state index is 4.14. The number of imidazole rings is 1. The van der Waals surface area contributed by atoms with Crippen LogP contribution in [-0.2, 0) is 0 Å². The van der Waals surface area contributed by atoms with Crippen molar-refractivity contribution >= 4 is 5.95 Å². The minimum absolute atomic E-state index is 0.661. The average molecular weight is 194 g/mol. The number of aromatic amines is 1. The van der Waals surface area contributed by atoms with Gasteiger partial charge in [0.05, 0.1) is 0 Å². The molecular weight excluding hydrogens is 176 g/mol. The molecule has 0 saturated carbocycles. The fourth-order valence-electron chi connectivity index (χ4n) is 1.98. The van der Waals surface area contributed by atoms with Crippen molar-refractivity contribution in [2.45, 2.75) is 25.3 Å². The molecule has 0 spiro atoms. The normalized spacial score (nSPS) is 23.6. The highest BCUT2D eigenvalue weighted by Crippen LogP contribution is 2.14. The van der Waals surface area contributed by atoms with Crippen LogP contribution >= 0.6 is 0 Å². The predicted octanol–water partition coefficient (Wildman–Crippen LogP) is 1.31. The molecular formula is C10H18N4. The summed E-state index contributed by atoms with van der Waals surface area (Å²) in [4.78, 5) is 9.62. The van der Waals surface area contributed by atoms with Gasteiger partial charge in [0, 0.05) is 25.0 Å². The molecule has 2 heterocycles. The van der Waals surface area contributed by atoms with E-state index in [1.165, 1.54) is 25.8 Å². The van der Waals surface area contributed by atoms with Crippen LogP contribution in [0.15, 0.2) is 12.4 Å². The van der Waals surface area contributed by atoms with Crippen molar-refractivity contribution in [2.24, 2.45) is 0 Å². The Kier molecular flexibility index (Phi) is 3.03. The smallest absolute Gasteiger partial charge is 0.200 e. The number of likely N-dealkylation sites (tertiary alicyclic amines) is 1. The van der Waals surface area contributed by atoms with Crippen LogP contribution in [0.5, 0.6) is 0 Å². The van der Waals surface area contributed by atoms with Crippen LogP contribution in [0, 0.1) is 0 Å². The highest BCUT2D eigenvalue weighted by atomic mass is 15.2. The molecule has 1 unspecified atom stereocenters. The highest BCUT2D eigenvalue weighted by Gasteiger charge is 2.18. The molecule has 1 saturated heterocycles. The van der Waals surface area contributed by atoms with Gasteiger partial charge in [-0.2, -0.15) is 0 Å². The standard InChI is InChI=1S/C10H18N4/c1-14-7-3-2-4-9(14)8-13-10-11-5-6-12-10/h5-6,9H,2-4,7-8H2,1H3,(H2,11,12,13). The second-order valence-corrected chi connectivity index (χ2v) is 3.95. The van der Waals surface area contributed by atoms with E-state index in [9.17, 15) is 0 Å². The van der Waals surface area contributed by atoms with Crippen LogP contribution in [0.3, 0.4) is 0 Å². The molecule has 4 heteroatoms. The van der Waals surface area contributed by atoms with E-state index in [2.05, 4.69) is 27.2 Å². The fourth-order valence-corrected chi connectivity index (χ4v) is 1.98. The molecule has 0 aliphatic carbocycles. The van der Waals surface area contributed by atoms with Crippen LogP contribution in [-0.4, -0.2) is 41.0 Å². The molecule has 1 aliphatic rings. The van der Waals surface area contributed by atoms with E-state index in [0.29, 0.717) is 6.04 Å². The Bertz CT molecular complexity index is 257. The minimum atomic E-state index is 0.661. The van der Waals surface area contributed by atoms with Crippen molar-refractivity contribution in [1.29, 1.82) is 0 Å². The quantitative estimate of drug-likeness (QED) is 0.762. The van der Waals surface area contributed by atoms with Gasteiger partial charge in [-0.1, -0.05) is 6.42 Å². The van der Waals surface area contributed by atoms with Crippen LogP contribution in [0.25, 0.3) is 0 Å². The van der Waals surface area contributed by atoms with Gasteiger partial charge in [0.25, 0.3) is 0 Å². The molecule has 1 fully saturated rings. The number of anilines is 1. The first-order valence-corrected chi connectivity index (χ1v) is 5.30. The van der Waals surface area contributed by atoms with Crippen molar-refractivity contribution in [3.05, 3.63) is 12.4 Å². The Labute approximate surface area is 84.7 Å². The van der Waals surface area contributed by atoms with Crippen molar-refractivity contribution in [3.63, 3.8) is 0 Å². The van der Waals surface area contributed by atoms with Crippen molar-refractivity contribution in [1.82, 2.24) is 14.9 Å². The van der Waals surface area contributed by atoms with E-state index in [1.807, 2.05) is 6.20 Å². The molecule has 0 aromatic carbocycles. The van der Waals surface area contributed by atoms with Gasteiger partial charge in [-0.05, 0) is 26.4 Å². The summed E-state index contributed by atoms with van der Waals surface area (Å²) >= 11 is 0. The van der Waals surface area contributed by atoms with E-state index in [-0.39, 0.29) is 0 Å². The Morgan fingerprint density at radius 2 is 2.57 bits per heavy atom. The summed E-state index contributed by atoms with van der Waals surface area (Å²) in [5.41, 5.74) is 0. The molecule has 0 radical (unpaired) electrons. The summed E-state index contributed by atoms with van der Waals surface area (Å²) in [6, 6.07) is 0.661. The largest absolute Gasteiger partial charge is 0.354 e. The molecule has 14 heavy (non-hydrogen) atoms. The molecule has 2 N–H and O–H groups in total. The zero-order valence-corrected chi connectivity index (χ0v) is 8.66. The van der Waals surface area contributed by atoms with Gasteiger partial charge < -0.3 is 15.2 Å². The third-order valence-corrected chi connectivity index (χ3v) is 2.92. The number of nitrogens with zero attached hydrogens (tertiary/aromatic N) is 2. The molecule has 1 aromatic rings. The summed E-state index contributed by atoms with van der Waals surface area (Å²) in [7, 11) is 2.20. The maximum atomic E-state index is 4.14. The third-order valence-electron chi connectivity index (χ3n) is 2.92. The summed E-state index contributed by atoms with van der Waals surface area (Å²) in [5.74, 6) is 0.879. The average Bonchev–Trinajstić information content (AvgIpc) is 2.69. The fraction of sp³-hybridized carbons (Fsp3) is 0.700. The first-order valence-electron chi connectivity index (χ1n) is 5.30. The van der Waals surface area contributed by atoms with Crippen molar-refractivity contribution in [3.8, 4) is 0 Å². The number of hydrogen-bond acceptors (Lipinski definition) is 3. The van der Waals surface area contributed by atoms with Gasteiger partial charge in [-0.15, -0.1) is 0 Å². The summed E-state index contributed by atoms with van der Waals surface area (Å²) < 4.78 is 0. The Balaban J connectivity index is 1.79. The summed E-state index contributed by atoms with van der Waals surface area (Å²) in [6.45, 7) is 2.22. The molecule has 0 bridgehead atoms. The number of rotatable bonds is 3. The Hall–Kier alpha value is -1.03. The van der Waals surface area contributed by atoms with E-state index >= 15 is 0 Å². The lowest BCUT2D eigenvalue weighted by atomic mass is 10.0. The van der Waals surface area contributed by atoms with Crippen LogP contribution in [0.1, 0.15) is 19.3 Å². The first-order chi connectivity index (χ1) is 6.86. The van der Waals surface area contributed by atoms with Gasteiger partial charge in [0.2, 0.25) is 0 Å². The van der Waals surface area contributed by atoms with Crippen LogP contribution < -0.4 is 5.32 Å². The van der Waals surface area contributed by atoms with Gasteiger partial charge in [0.15, 0.2) is 5.95 Å². The number of aromatic nitrogens is 2. The maximum Gasteiger partial charge on any atom is 0.200 e. The molecule has 1 aromatic heterocycles. The molecule has 2 rings (SSSR count). The van der Waals surface area contributed by atoms with Crippen LogP contribution in [0.4, 0.5) is 5.95 Å². The lowest BCUT2D eigenvalue weighted by Gasteiger charge is -2.32. The number of nitrogens with one attached hydrogen (secondary N) is 2. The molecule has 0 amide bonds. The van der Waals surface area contributed by atoms with Gasteiger partial charge in [0.1, 0.15) is 0 Å². The van der Waals surface area contributed by atoms with Gasteiger partial charge >= 0.3 is 0 Å². The second kappa shape index (κ2) is 4.46. The molecule has 4 nitrogen and oxygen atoms in total. The van der Waals surface area contributed by atoms with Gasteiger partial charge in [-0.3, -0.25) is 0 Å². The number of hydrogen-bond donors (Lipinski definition) is 2. The Morgan fingerprint density at radius 1 is 1.64 bits per heavy atom. The lowest BCUT2D eigenvalue weighted by molar-refractivity contribution is 0.194. The van der Waals surface area contributed by atoms with E-state index in [0.717, 1.165) is 12.5 Å².